The average molecular weight is 364 g/mol. The lowest BCUT2D eigenvalue weighted by Crippen LogP contribution is -2.29. The number of ether oxygens (including phenoxy) is 1. The highest BCUT2D eigenvalue weighted by Gasteiger charge is 2.10. The van der Waals surface area contributed by atoms with Gasteiger partial charge in [-0.2, -0.15) is 0 Å². The first-order chi connectivity index (χ1) is 13.3. The molecule has 4 nitrogen and oxygen atoms in total. The van der Waals surface area contributed by atoms with Crippen molar-refractivity contribution >= 4 is 23.4 Å². The van der Waals surface area contributed by atoms with Crippen LogP contribution in [0.1, 0.15) is 38.2 Å². The third-order valence-corrected chi connectivity index (χ3v) is 4.65. The van der Waals surface area contributed by atoms with Gasteiger partial charge in [0.1, 0.15) is 5.75 Å². The van der Waals surface area contributed by atoms with Crippen LogP contribution in [0.25, 0.3) is 6.08 Å². The highest BCUT2D eigenvalue weighted by molar-refractivity contribution is 6.02. The molecule has 4 heteroatoms. The second kappa shape index (κ2) is 9.81. The molecule has 142 valence electrons. The molecule has 1 aliphatic heterocycles. The van der Waals surface area contributed by atoms with E-state index in [9.17, 15) is 4.79 Å². The summed E-state index contributed by atoms with van der Waals surface area (Å²) in [6, 6.07) is 15.8. The maximum Gasteiger partial charge on any atom is 0.248 e. The number of amides is 1. The molecule has 3 rings (SSSR count). The van der Waals surface area contributed by atoms with Gasteiger partial charge in [-0.1, -0.05) is 25.1 Å². The van der Waals surface area contributed by atoms with Crippen molar-refractivity contribution in [3.05, 3.63) is 60.2 Å². The SMILES string of the molecule is CCCOc1ccccc1/C=C/C(=O)Nc1ccc(N2CCCCC2)cc1. The van der Waals surface area contributed by atoms with Crippen LogP contribution in [0.5, 0.6) is 5.75 Å². The number of para-hydroxylation sites is 1. The zero-order chi connectivity index (χ0) is 18.9. The number of carbonyl (C=O) groups is 1. The summed E-state index contributed by atoms with van der Waals surface area (Å²) in [6.45, 7) is 4.98. The summed E-state index contributed by atoms with van der Waals surface area (Å²) < 4.78 is 5.72. The van der Waals surface area contributed by atoms with Gasteiger partial charge >= 0.3 is 0 Å². The van der Waals surface area contributed by atoms with Crippen LogP contribution in [0.2, 0.25) is 0 Å². The van der Waals surface area contributed by atoms with Crippen LogP contribution in [0.3, 0.4) is 0 Å². The van der Waals surface area contributed by atoms with E-state index >= 15 is 0 Å². The molecule has 1 amide bonds. The predicted octanol–water partition coefficient (Wildman–Crippen LogP) is 5.12. The van der Waals surface area contributed by atoms with Gasteiger partial charge in [-0.05, 0) is 62.1 Å². The highest BCUT2D eigenvalue weighted by atomic mass is 16.5. The van der Waals surface area contributed by atoms with E-state index in [-0.39, 0.29) is 5.91 Å². The lowest BCUT2D eigenvalue weighted by Gasteiger charge is -2.28. The van der Waals surface area contributed by atoms with Gasteiger partial charge in [-0.25, -0.2) is 0 Å². The van der Waals surface area contributed by atoms with Gasteiger partial charge in [0.25, 0.3) is 0 Å². The number of nitrogens with zero attached hydrogens (tertiary/aromatic N) is 1. The smallest absolute Gasteiger partial charge is 0.248 e. The molecule has 27 heavy (non-hydrogen) atoms. The highest BCUT2D eigenvalue weighted by Crippen LogP contribution is 2.22. The van der Waals surface area contributed by atoms with E-state index in [1.807, 2.05) is 36.4 Å². The molecule has 2 aromatic carbocycles. The second-order valence-corrected chi connectivity index (χ2v) is 6.80. The second-order valence-electron chi connectivity index (χ2n) is 6.80. The lowest BCUT2D eigenvalue weighted by molar-refractivity contribution is -0.111. The topological polar surface area (TPSA) is 41.6 Å². The molecule has 0 unspecified atom stereocenters. The minimum atomic E-state index is -0.147. The molecule has 2 aromatic rings. The summed E-state index contributed by atoms with van der Waals surface area (Å²) in [6.07, 6.45) is 8.13. The van der Waals surface area contributed by atoms with E-state index in [4.69, 9.17) is 4.74 Å². The van der Waals surface area contributed by atoms with Crippen LogP contribution in [-0.4, -0.2) is 25.6 Å². The largest absolute Gasteiger partial charge is 0.493 e. The van der Waals surface area contributed by atoms with E-state index in [2.05, 4.69) is 29.3 Å². The molecule has 0 radical (unpaired) electrons. The van der Waals surface area contributed by atoms with Gasteiger partial charge in [-0.15, -0.1) is 0 Å². The van der Waals surface area contributed by atoms with Gasteiger partial charge in [0.2, 0.25) is 5.91 Å². The molecule has 0 atom stereocenters. The standard InChI is InChI=1S/C23H28N2O2/c1-2-18-27-22-9-5-4-8-19(22)10-15-23(26)24-20-11-13-21(14-12-20)25-16-6-3-7-17-25/h4-5,8-15H,2-3,6-7,16-18H2,1H3,(H,24,26)/b15-10+. The number of anilines is 2. The Morgan fingerprint density at radius 3 is 2.56 bits per heavy atom. The van der Waals surface area contributed by atoms with Crippen LogP contribution in [0, 0.1) is 0 Å². The lowest BCUT2D eigenvalue weighted by atomic mass is 10.1. The van der Waals surface area contributed by atoms with Crippen molar-refractivity contribution in [2.45, 2.75) is 32.6 Å². The summed E-state index contributed by atoms with van der Waals surface area (Å²) in [7, 11) is 0. The maximum absolute atomic E-state index is 12.2. The van der Waals surface area contributed by atoms with Crippen LogP contribution >= 0.6 is 0 Å². The number of rotatable bonds is 7. The Labute approximate surface area is 161 Å². The van der Waals surface area contributed by atoms with Gasteiger partial charge < -0.3 is 15.0 Å². The van der Waals surface area contributed by atoms with Crippen molar-refractivity contribution in [2.24, 2.45) is 0 Å². The zero-order valence-electron chi connectivity index (χ0n) is 16.0. The summed E-state index contributed by atoms with van der Waals surface area (Å²) in [5.74, 6) is 0.653. The minimum Gasteiger partial charge on any atom is -0.493 e. The molecule has 1 heterocycles. The maximum atomic E-state index is 12.2. The number of nitrogens with one attached hydrogen (secondary N) is 1. The Bertz CT molecular complexity index is 762. The van der Waals surface area contributed by atoms with Crippen molar-refractivity contribution in [1.82, 2.24) is 0 Å². The zero-order valence-corrected chi connectivity index (χ0v) is 16.0. The van der Waals surface area contributed by atoms with Gasteiger partial charge in [0, 0.05) is 36.1 Å². The van der Waals surface area contributed by atoms with Crippen LogP contribution < -0.4 is 15.0 Å². The van der Waals surface area contributed by atoms with Crippen LogP contribution in [-0.2, 0) is 4.79 Å². The normalized spacial score (nSPS) is 14.3. The fraction of sp³-hybridized carbons (Fsp3) is 0.348. The number of benzene rings is 2. The number of carbonyl (C=O) groups excluding carboxylic acids is 1. The third kappa shape index (κ3) is 5.61. The number of hydrogen-bond donors (Lipinski definition) is 1. The Kier molecular flexibility index (Phi) is 6.91. The van der Waals surface area contributed by atoms with E-state index in [0.29, 0.717) is 6.61 Å². The third-order valence-electron chi connectivity index (χ3n) is 4.65. The van der Waals surface area contributed by atoms with Gasteiger partial charge in [-0.3, -0.25) is 4.79 Å². The summed E-state index contributed by atoms with van der Waals surface area (Å²) in [4.78, 5) is 14.7. The molecule has 1 fully saturated rings. The Balaban J connectivity index is 1.58. The molecule has 0 aromatic heterocycles. The van der Waals surface area contributed by atoms with E-state index in [1.54, 1.807) is 12.2 Å². The first kappa shape index (κ1) is 19.0. The van der Waals surface area contributed by atoms with E-state index in [1.165, 1.54) is 24.9 Å². The van der Waals surface area contributed by atoms with Gasteiger partial charge in [0.05, 0.1) is 6.61 Å². The molecular formula is C23H28N2O2. The molecule has 0 saturated carbocycles. The monoisotopic (exact) mass is 364 g/mol. The molecule has 0 bridgehead atoms. The molecule has 1 N–H and O–H groups in total. The Morgan fingerprint density at radius 1 is 1.07 bits per heavy atom. The first-order valence-electron chi connectivity index (χ1n) is 9.82. The van der Waals surface area contributed by atoms with Crippen molar-refractivity contribution in [2.75, 3.05) is 29.9 Å². The van der Waals surface area contributed by atoms with Crippen molar-refractivity contribution < 1.29 is 9.53 Å². The molecule has 1 aliphatic rings. The van der Waals surface area contributed by atoms with E-state index < -0.39 is 0 Å². The minimum absolute atomic E-state index is 0.147. The van der Waals surface area contributed by atoms with E-state index in [0.717, 1.165) is 36.5 Å². The van der Waals surface area contributed by atoms with Crippen LogP contribution in [0.4, 0.5) is 11.4 Å². The van der Waals surface area contributed by atoms with Crippen molar-refractivity contribution in [3.8, 4) is 5.75 Å². The first-order valence-corrected chi connectivity index (χ1v) is 9.82. The number of piperidine rings is 1. The predicted molar refractivity (Wildman–Crippen MR) is 112 cm³/mol. The number of hydrogen-bond acceptors (Lipinski definition) is 3. The Hall–Kier alpha value is -2.75. The quantitative estimate of drug-likeness (QED) is 0.694. The van der Waals surface area contributed by atoms with Crippen molar-refractivity contribution in [1.29, 1.82) is 0 Å². The van der Waals surface area contributed by atoms with Crippen molar-refractivity contribution in [3.63, 3.8) is 0 Å². The molecule has 0 aliphatic carbocycles. The average Bonchev–Trinajstić information content (AvgIpc) is 2.72. The summed E-state index contributed by atoms with van der Waals surface area (Å²) >= 11 is 0. The fourth-order valence-corrected chi connectivity index (χ4v) is 3.22. The molecule has 1 saturated heterocycles. The van der Waals surface area contributed by atoms with Crippen LogP contribution in [0.15, 0.2) is 54.6 Å². The molecular weight excluding hydrogens is 336 g/mol. The molecule has 0 spiro atoms. The summed E-state index contributed by atoms with van der Waals surface area (Å²) in [5.41, 5.74) is 2.94. The summed E-state index contributed by atoms with van der Waals surface area (Å²) in [5, 5.41) is 2.92. The Morgan fingerprint density at radius 2 is 1.81 bits per heavy atom. The fourth-order valence-electron chi connectivity index (χ4n) is 3.22. The van der Waals surface area contributed by atoms with Gasteiger partial charge in [0.15, 0.2) is 0 Å².